The molecule has 1 aromatic heterocycles. The summed E-state index contributed by atoms with van der Waals surface area (Å²) < 4.78 is 2.51. The molecule has 19 heavy (non-hydrogen) atoms. The molecule has 0 bridgehead atoms. The molecule has 3 nitrogen and oxygen atoms in total. The van der Waals surface area contributed by atoms with Gasteiger partial charge < -0.3 is 10.3 Å². The molecular formula is C16H27N3. The highest BCUT2D eigenvalue weighted by atomic mass is 15.1. The minimum Gasteiger partial charge on any atom is -0.331 e. The number of nitrogens with two attached hydrogens (primary N) is 1. The maximum atomic E-state index is 6.03. The minimum absolute atomic E-state index is 0.609. The quantitative estimate of drug-likeness (QED) is 0.908. The SMILES string of the molecule is CCC1CCC(CN)C(n2cnc3c2CCCC3)C1. The Kier molecular flexibility index (Phi) is 3.92. The topological polar surface area (TPSA) is 43.8 Å². The highest BCUT2D eigenvalue weighted by molar-refractivity contribution is 5.17. The van der Waals surface area contributed by atoms with Crippen LogP contribution in [0, 0.1) is 11.8 Å². The minimum atomic E-state index is 0.609. The Balaban J connectivity index is 1.87. The summed E-state index contributed by atoms with van der Waals surface area (Å²) >= 11 is 0. The second-order valence-corrected chi connectivity index (χ2v) is 6.40. The molecule has 0 spiro atoms. The lowest BCUT2D eigenvalue weighted by molar-refractivity contribution is 0.181. The van der Waals surface area contributed by atoms with Crippen molar-refractivity contribution in [3.05, 3.63) is 17.7 Å². The molecule has 2 N–H and O–H groups in total. The van der Waals surface area contributed by atoms with Crippen LogP contribution in [0.4, 0.5) is 0 Å². The van der Waals surface area contributed by atoms with Gasteiger partial charge in [0.05, 0.1) is 12.0 Å². The van der Waals surface area contributed by atoms with Gasteiger partial charge in [0, 0.05) is 11.7 Å². The molecule has 3 rings (SSSR count). The molecule has 0 amide bonds. The third-order valence-electron chi connectivity index (χ3n) is 5.36. The van der Waals surface area contributed by atoms with E-state index < -0.39 is 0 Å². The lowest BCUT2D eigenvalue weighted by Crippen LogP contribution is -2.33. The first kappa shape index (κ1) is 13.2. The predicted molar refractivity (Wildman–Crippen MR) is 78.1 cm³/mol. The van der Waals surface area contributed by atoms with Crippen LogP contribution in [0.3, 0.4) is 0 Å². The van der Waals surface area contributed by atoms with Gasteiger partial charge in [0.15, 0.2) is 0 Å². The molecular weight excluding hydrogens is 234 g/mol. The standard InChI is InChI=1S/C16H27N3/c1-2-12-7-8-13(10-17)16(9-12)19-11-18-14-5-3-4-6-15(14)19/h11-13,16H,2-10,17H2,1H3. The first-order valence-electron chi connectivity index (χ1n) is 8.08. The zero-order chi connectivity index (χ0) is 13.2. The molecule has 1 heterocycles. The third-order valence-corrected chi connectivity index (χ3v) is 5.36. The van der Waals surface area contributed by atoms with Crippen LogP contribution in [0.25, 0.3) is 0 Å². The number of hydrogen-bond donors (Lipinski definition) is 1. The van der Waals surface area contributed by atoms with Crippen molar-refractivity contribution in [3.8, 4) is 0 Å². The molecule has 1 aromatic rings. The summed E-state index contributed by atoms with van der Waals surface area (Å²) in [5.41, 5.74) is 8.91. The number of aromatic nitrogens is 2. The summed E-state index contributed by atoms with van der Waals surface area (Å²) in [5, 5.41) is 0. The van der Waals surface area contributed by atoms with Gasteiger partial charge in [0.25, 0.3) is 0 Å². The van der Waals surface area contributed by atoms with Gasteiger partial charge in [-0.25, -0.2) is 4.98 Å². The van der Waals surface area contributed by atoms with Crippen LogP contribution in [0.5, 0.6) is 0 Å². The second-order valence-electron chi connectivity index (χ2n) is 6.40. The van der Waals surface area contributed by atoms with Crippen LogP contribution < -0.4 is 5.73 Å². The van der Waals surface area contributed by atoms with E-state index >= 15 is 0 Å². The van der Waals surface area contributed by atoms with Gasteiger partial charge in [0.2, 0.25) is 0 Å². The van der Waals surface area contributed by atoms with E-state index in [-0.39, 0.29) is 0 Å². The zero-order valence-electron chi connectivity index (χ0n) is 12.1. The fourth-order valence-corrected chi connectivity index (χ4v) is 4.06. The van der Waals surface area contributed by atoms with Gasteiger partial charge in [-0.05, 0) is 63.3 Å². The van der Waals surface area contributed by atoms with Crippen LogP contribution in [0.2, 0.25) is 0 Å². The summed E-state index contributed by atoms with van der Waals surface area (Å²) in [5.74, 6) is 1.54. The fourth-order valence-electron chi connectivity index (χ4n) is 4.06. The lowest BCUT2D eigenvalue weighted by atomic mass is 9.77. The number of rotatable bonds is 3. The predicted octanol–water partition coefficient (Wildman–Crippen LogP) is 3.09. The molecule has 1 saturated carbocycles. The van der Waals surface area contributed by atoms with Crippen molar-refractivity contribution in [1.82, 2.24) is 9.55 Å². The van der Waals surface area contributed by atoms with E-state index in [1.165, 1.54) is 62.8 Å². The van der Waals surface area contributed by atoms with E-state index in [4.69, 9.17) is 5.73 Å². The number of imidazole rings is 1. The summed E-state index contributed by atoms with van der Waals surface area (Å²) in [6, 6.07) is 0.609. The maximum Gasteiger partial charge on any atom is 0.0954 e. The van der Waals surface area contributed by atoms with Crippen molar-refractivity contribution in [2.24, 2.45) is 17.6 Å². The number of fused-ring (bicyclic) bond motifs is 1. The Bertz CT molecular complexity index is 424. The van der Waals surface area contributed by atoms with E-state index in [0.717, 1.165) is 12.5 Å². The first-order chi connectivity index (χ1) is 9.33. The maximum absolute atomic E-state index is 6.03. The lowest BCUT2D eigenvalue weighted by Gasteiger charge is -2.37. The van der Waals surface area contributed by atoms with E-state index in [2.05, 4.69) is 22.8 Å². The summed E-state index contributed by atoms with van der Waals surface area (Å²) in [6.45, 7) is 3.15. The van der Waals surface area contributed by atoms with Crippen molar-refractivity contribution in [3.63, 3.8) is 0 Å². The third kappa shape index (κ3) is 2.45. The molecule has 3 unspecified atom stereocenters. The van der Waals surface area contributed by atoms with Crippen molar-refractivity contribution >= 4 is 0 Å². The molecule has 0 saturated heterocycles. The first-order valence-corrected chi connectivity index (χ1v) is 8.08. The Labute approximate surface area is 116 Å². The highest BCUT2D eigenvalue weighted by Crippen LogP contribution is 2.39. The molecule has 1 fully saturated rings. The van der Waals surface area contributed by atoms with Crippen LogP contribution in [-0.2, 0) is 12.8 Å². The fraction of sp³-hybridized carbons (Fsp3) is 0.812. The zero-order valence-corrected chi connectivity index (χ0v) is 12.1. The second kappa shape index (κ2) is 5.66. The highest BCUT2D eigenvalue weighted by Gasteiger charge is 2.32. The van der Waals surface area contributed by atoms with Gasteiger partial charge in [-0.2, -0.15) is 0 Å². The summed E-state index contributed by atoms with van der Waals surface area (Å²) in [6.07, 6.45) is 12.4. The van der Waals surface area contributed by atoms with Crippen LogP contribution in [0.1, 0.15) is 62.9 Å². The van der Waals surface area contributed by atoms with Gasteiger partial charge in [-0.1, -0.05) is 13.3 Å². The van der Waals surface area contributed by atoms with E-state index in [0.29, 0.717) is 12.0 Å². The van der Waals surface area contributed by atoms with E-state index in [1.54, 1.807) is 0 Å². The molecule has 2 aliphatic rings. The Morgan fingerprint density at radius 2 is 2.16 bits per heavy atom. The average molecular weight is 261 g/mol. The van der Waals surface area contributed by atoms with Crippen molar-refractivity contribution in [1.29, 1.82) is 0 Å². The van der Waals surface area contributed by atoms with Gasteiger partial charge in [0.1, 0.15) is 0 Å². The normalized spacial score (nSPS) is 31.2. The van der Waals surface area contributed by atoms with Gasteiger partial charge in [-0.15, -0.1) is 0 Å². The molecule has 0 aromatic carbocycles. The molecule has 0 aliphatic heterocycles. The van der Waals surface area contributed by atoms with Crippen LogP contribution in [-0.4, -0.2) is 16.1 Å². The number of nitrogens with zero attached hydrogens (tertiary/aromatic N) is 2. The van der Waals surface area contributed by atoms with Gasteiger partial charge in [-0.3, -0.25) is 0 Å². The van der Waals surface area contributed by atoms with Crippen LogP contribution in [0.15, 0.2) is 6.33 Å². The number of aryl methyl sites for hydroxylation is 1. The van der Waals surface area contributed by atoms with Gasteiger partial charge >= 0.3 is 0 Å². The van der Waals surface area contributed by atoms with Crippen molar-refractivity contribution in [2.45, 2.75) is 64.3 Å². The largest absolute Gasteiger partial charge is 0.331 e. The number of hydrogen-bond acceptors (Lipinski definition) is 2. The molecule has 3 atom stereocenters. The smallest absolute Gasteiger partial charge is 0.0954 e. The Morgan fingerprint density at radius 3 is 2.95 bits per heavy atom. The molecule has 3 heteroatoms. The average Bonchev–Trinajstić information content (AvgIpc) is 2.90. The molecule has 0 radical (unpaired) electrons. The molecule has 2 aliphatic carbocycles. The van der Waals surface area contributed by atoms with Crippen molar-refractivity contribution in [2.75, 3.05) is 6.54 Å². The Hall–Kier alpha value is -0.830. The van der Waals surface area contributed by atoms with E-state index in [9.17, 15) is 0 Å². The molecule has 106 valence electrons. The van der Waals surface area contributed by atoms with Crippen LogP contribution >= 0.6 is 0 Å². The summed E-state index contributed by atoms with van der Waals surface area (Å²) in [4.78, 5) is 4.67. The van der Waals surface area contributed by atoms with E-state index in [1.807, 2.05) is 0 Å². The summed E-state index contributed by atoms with van der Waals surface area (Å²) in [7, 11) is 0. The Morgan fingerprint density at radius 1 is 1.32 bits per heavy atom. The monoisotopic (exact) mass is 261 g/mol. The van der Waals surface area contributed by atoms with Crippen molar-refractivity contribution < 1.29 is 0 Å².